The van der Waals surface area contributed by atoms with E-state index in [1.165, 1.54) is 30.3 Å². The molecular formula is C25H25F3N2O4S. The van der Waals surface area contributed by atoms with Crippen LogP contribution in [0.5, 0.6) is 5.75 Å². The van der Waals surface area contributed by atoms with Crippen molar-refractivity contribution >= 4 is 27.3 Å². The number of anilines is 2. The SMILES string of the molecule is Cc1cc(C)c(C)c(OC(C)C(=O)Nc2ccc(S(=O)(=O)Nc3cccc(C(F)(F)F)c3)cc2)c1. The number of rotatable bonds is 7. The van der Waals surface area contributed by atoms with Gasteiger partial charge in [-0.2, -0.15) is 13.2 Å². The Labute approximate surface area is 202 Å². The number of amides is 1. The van der Waals surface area contributed by atoms with E-state index < -0.39 is 33.8 Å². The lowest BCUT2D eigenvalue weighted by Gasteiger charge is -2.18. The fourth-order valence-corrected chi connectivity index (χ4v) is 4.35. The van der Waals surface area contributed by atoms with Gasteiger partial charge in [-0.25, -0.2) is 8.42 Å². The first-order valence-corrected chi connectivity index (χ1v) is 12.1. The van der Waals surface area contributed by atoms with Gasteiger partial charge in [0.25, 0.3) is 15.9 Å². The minimum absolute atomic E-state index is 0.178. The highest BCUT2D eigenvalue weighted by Gasteiger charge is 2.30. The Morgan fingerprint density at radius 3 is 2.23 bits per heavy atom. The molecule has 2 N–H and O–H groups in total. The van der Waals surface area contributed by atoms with Gasteiger partial charge in [-0.05, 0) is 92.9 Å². The fourth-order valence-electron chi connectivity index (χ4n) is 3.30. The van der Waals surface area contributed by atoms with Crippen LogP contribution in [-0.4, -0.2) is 20.4 Å². The molecule has 0 bridgehead atoms. The summed E-state index contributed by atoms with van der Waals surface area (Å²) in [7, 11) is -4.15. The van der Waals surface area contributed by atoms with Crippen LogP contribution in [0.15, 0.2) is 65.6 Å². The van der Waals surface area contributed by atoms with E-state index in [0.29, 0.717) is 17.5 Å². The van der Waals surface area contributed by atoms with E-state index in [2.05, 4.69) is 10.0 Å². The van der Waals surface area contributed by atoms with E-state index in [9.17, 15) is 26.4 Å². The molecule has 0 aliphatic carbocycles. The van der Waals surface area contributed by atoms with Crippen molar-refractivity contribution in [1.29, 1.82) is 0 Å². The van der Waals surface area contributed by atoms with Crippen LogP contribution in [0.3, 0.4) is 0 Å². The number of nitrogens with one attached hydrogen (secondary N) is 2. The van der Waals surface area contributed by atoms with Crippen molar-refractivity contribution in [3.8, 4) is 5.75 Å². The van der Waals surface area contributed by atoms with E-state index in [4.69, 9.17) is 4.74 Å². The number of carbonyl (C=O) groups is 1. The maximum absolute atomic E-state index is 12.9. The van der Waals surface area contributed by atoms with Crippen LogP contribution in [0.1, 0.15) is 29.2 Å². The minimum Gasteiger partial charge on any atom is -0.481 e. The van der Waals surface area contributed by atoms with Gasteiger partial charge in [-0.1, -0.05) is 12.1 Å². The average molecular weight is 507 g/mol. The molecule has 0 spiro atoms. The van der Waals surface area contributed by atoms with Crippen LogP contribution in [-0.2, 0) is 21.0 Å². The molecule has 0 fully saturated rings. The van der Waals surface area contributed by atoms with Crippen molar-refractivity contribution in [2.75, 3.05) is 10.0 Å². The largest absolute Gasteiger partial charge is 0.481 e. The summed E-state index contributed by atoms with van der Waals surface area (Å²) in [4.78, 5) is 12.4. The van der Waals surface area contributed by atoms with Gasteiger partial charge in [0.05, 0.1) is 10.5 Å². The summed E-state index contributed by atoms with van der Waals surface area (Å²) in [5, 5.41) is 2.66. The first-order chi connectivity index (χ1) is 16.3. The molecule has 35 heavy (non-hydrogen) atoms. The zero-order valence-corrected chi connectivity index (χ0v) is 20.3. The maximum atomic E-state index is 12.9. The lowest BCUT2D eigenvalue weighted by atomic mass is 10.1. The Hall–Kier alpha value is -3.53. The molecule has 3 aromatic rings. The zero-order valence-electron chi connectivity index (χ0n) is 19.5. The number of benzene rings is 3. The molecule has 6 nitrogen and oxygen atoms in total. The molecule has 0 radical (unpaired) electrons. The van der Waals surface area contributed by atoms with Crippen LogP contribution in [0.25, 0.3) is 0 Å². The van der Waals surface area contributed by atoms with Gasteiger partial charge in [0.15, 0.2) is 6.10 Å². The minimum atomic E-state index is -4.60. The summed E-state index contributed by atoms with van der Waals surface area (Å²) in [6.07, 6.45) is -5.42. The van der Waals surface area contributed by atoms with E-state index in [-0.39, 0.29) is 10.6 Å². The van der Waals surface area contributed by atoms with Crippen molar-refractivity contribution in [3.05, 3.63) is 82.9 Å². The molecule has 3 aromatic carbocycles. The zero-order chi connectivity index (χ0) is 26.0. The molecule has 186 valence electrons. The molecule has 0 aliphatic rings. The number of sulfonamides is 1. The predicted octanol–water partition coefficient (Wildman–Crippen LogP) is 5.84. The van der Waals surface area contributed by atoms with Crippen molar-refractivity contribution in [1.82, 2.24) is 0 Å². The van der Waals surface area contributed by atoms with Crippen molar-refractivity contribution in [2.24, 2.45) is 0 Å². The highest BCUT2D eigenvalue weighted by atomic mass is 32.2. The van der Waals surface area contributed by atoms with E-state index in [1.807, 2.05) is 32.9 Å². The van der Waals surface area contributed by atoms with Gasteiger partial charge in [-0.3, -0.25) is 9.52 Å². The third-order valence-corrected chi connectivity index (χ3v) is 6.71. The lowest BCUT2D eigenvalue weighted by molar-refractivity contribution is -0.137. The van der Waals surface area contributed by atoms with Crippen molar-refractivity contribution < 1.29 is 31.1 Å². The third kappa shape index (κ3) is 6.54. The molecule has 1 unspecified atom stereocenters. The highest BCUT2D eigenvalue weighted by molar-refractivity contribution is 7.92. The lowest BCUT2D eigenvalue weighted by Crippen LogP contribution is -2.30. The first-order valence-electron chi connectivity index (χ1n) is 10.6. The number of hydrogen-bond donors (Lipinski definition) is 2. The predicted molar refractivity (Wildman–Crippen MR) is 128 cm³/mol. The summed E-state index contributed by atoms with van der Waals surface area (Å²) >= 11 is 0. The second-order valence-corrected chi connectivity index (χ2v) is 9.85. The van der Waals surface area contributed by atoms with Crippen molar-refractivity contribution in [2.45, 2.75) is 44.9 Å². The van der Waals surface area contributed by atoms with Crippen LogP contribution in [0.2, 0.25) is 0 Å². The molecule has 3 rings (SSSR count). The summed E-state index contributed by atoms with van der Waals surface area (Å²) in [5.74, 6) is 0.175. The van der Waals surface area contributed by atoms with Crippen LogP contribution < -0.4 is 14.8 Å². The number of alkyl halides is 3. The van der Waals surface area contributed by atoms with Gasteiger partial charge in [0.2, 0.25) is 0 Å². The van der Waals surface area contributed by atoms with E-state index in [0.717, 1.165) is 28.8 Å². The smallest absolute Gasteiger partial charge is 0.416 e. The molecule has 0 saturated carbocycles. The van der Waals surface area contributed by atoms with Gasteiger partial charge in [0.1, 0.15) is 5.75 Å². The summed E-state index contributed by atoms with van der Waals surface area (Å²) in [5.41, 5.74) is 2.13. The normalized spacial score (nSPS) is 12.7. The van der Waals surface area contributed by atoms with Gasteiger partial charge in [0, 0.05) is 11.4 Å². The molecule has 0 aliphatic heterocycles. The second-order valence-electron chi connectivity index (χ2n) is 8.16. The highest BCUT2D eigenvalue weighted by Crippen LogP contribution is 2.31. The van der Waals surface area contributed by atoms with Crippen LogP contribution >= 0.6 is 0 Å². The number of halogens is 3. The van der Waals surface area contributed by atoms with Gasteiger partial charge in [-0.15, -0.1) is 0 Å². The topological polar surface area (TPSA) is 84.5 Å². The van der Waals surface area contributed by atoms with Crippen LogP contribution in [0.4, 0.5) is 24.5 Å². The quantitative estimate of drug-likeness (QED) is 0.422. The van der Waals surface area contributed by atoms with Gasteiger partial charge < -0.3 is 10.1 Å². The Kier molecular flexibility index (Phi) is 7.44. The number of ether oxygens (including phenoxy) is 1. The Morgan fingerprint density at radius 2 is 1.60 bits per heavy atom. The molecule has 0 aromatic heterocycles. The molecule has 1 atom stereocenters. The molecule has 0 heterocycles. The number of carbonyl (C=O) groups excluding carboxylic acids is 1. The summed E-state index contributed by atoms with van der Waals surface area (Å²) < 4.78 is 71.8. The Morgan fingerprint density at radius 1 is 0.943 bits per heavy atom. The maximum Gasteiger partial charge on any atom is 0.416 e. The second kappa shape index (κ2) is 9.99. The van der Waals surface area contributed by atoms with E-state index in [1.54, 1.807) is 6.92 Å². The van der Waals surface area contributed by atoms with Crippen molar-refractivity contribution in [3.63, 3.8) is 0 Å². The van der Waals surface area contributed by atoms with Crippen LogP contribution in [0, 0.1) is 20.8 Å². The first kappa shape index (κ1) is 26.1. The average Bonchev–Trinajstić information content (AvgIpc) is 2.76. The van der Waals surface area contributed by atoms with E-state index >= 15 is 0 Å². The Balaban J connectivity index is 1.68. The number of hydrogen-bond acceptors (Lipinski definition) is 4. The fraction of sp³-hybridized carbons (Fsp3) is 0.240. The molecule has 0 saturated heterocycles. The molecule has 1 amide bonds. The Bertz CT molecular complexity index is 1340. The summed E-state index contributed by atoms with van der Waals surface area (Å²) in [6.45, 7) is 7.39. The third-order valence-electron chi connectivity index (χ3n) is 5.31. The standard InChI is InChI=1S/C25H25F3N2O4S/c1-15-12-16(2)17(3)23(13-15)34-18(4)24(31)29-20-8-10-22(11-9-20)35(32,33)30-21-7-5-6-19(14-21)25(26,27)28/h5-14,18,30H,1-4H3,(H,29,31). The monoisotopic (exact) mass is 506 g/mol. The molecule has 10 heteroatoms. The molecular weight excluding hydrogens is 481 g/mol. The number of aryl methyl sites for hydroxylation is 2. The summed E-state index contributed by atoms with van der Waals surface area (Å²) in [6, 6.07) is 13.0. The van der Waals surface area contributed by atoms with Gasteiger partial charge >= 0.3 is 6.18 Å².